The summed E-state index contributed by atoms with van der Waals surface area (Å²) in [6.45, 7) is 0. The van der Waals surface area contributed by atoms with Crippen molar-refractivity contribution in [1.82, 2.24) is 0 Å². The smallest absolute Gasteiger partial charge is 0.323 e. The number of urea groups is 1. The monoisotopic (exact) mass is 308 g/mol. The van der Waals surface area contributed by atoms with Gasteiger partial charge >= 0.3 is 6.03 Å². The van der Waals surface area contributed by atoms with Crippen LogP contribution in [0.1, 0.15) is 0 Å². The van der Waals surface area contributed by atoms with Crippen LogP contribution in [0, 0.1) is 0 Å². The Hall–Kier alpha value is -2.60. The summed E-state index contributed by atoms with van der Waals surface area (Å²) in [7, 11) is 1.47. The maximum atomic E-state index is 11.9. The molecule has 2 aromatic rings. The maximum Gasteiger partial charge on any atom is 0.323 e. The lowest BCUT2D eigenvalue weighted by Gasteiger charge is -2.12. The normalized spacial score (nSPS) is 10.0. The van der Waals surface area contributed by atoms with Gasteiger partial charge in [0.05, 0.1) is 12.8 Å². The number of methoxy groups -OCH3 is 1. The average molecular weight is 309 g/mol. The molecule has 21 heavy (non-hydrogen) atoms. The van der Waals surface area contributed by atoms with Crippen molar-refractivity contribution >= 4 is 29.0 Å². The number of aromatic hydroxyl groups is 2. The fourth-order valence-electron chi connectivity index (χ4n) is 1.73. The number of phenols is 2. The molecule has 2 rings (SSSR count). The molecule has 0 saturated carbocycles. The van der Waals surface area contributed by atoms with E-state index in [1.54, 1.807) is 18.2 Å². The molecule has 7 heteroatoms. The van der Waals surface area contributed by atoms with E-state index in [0.717, 1.165) is 6.07 Å². The first-order valence-electron chi connectivity index (χ1n) is 5.92. The van der Waals surface area contributed by atoms with Gasteiger partial charge in [-0.1, -0.05) is 11.6 Å². The third-order valence-corrected chi connectivity index (χ3v) is 2.81. The van der Waals surface area contributed by atoms with E-state index in [-0.39, 0.29) is 17.2 Å². The number of anilines is 2. The molecule has 0 unspecified atom stereocenters. The first-order valence-corrected chi connectivity index (χ1v) is 6.30. The standard InChI is InChI=1S/C14H13ClN2O4/c1-21-13-3-2-8(15)4-12(13)17-14(20)16-9-5-10(18)7-11(19)6-9/h2-7,18-19H,1H3,(H2,16,17,20). The highest BCUT2D eigenvalue weighted by molar-refractivity contribution is 6.31. The summed E-state index contributed by atoms with van der Waals surface area (Å²) in [5, 5.41) is 24.2. The summed E-state index contributed by atoms with van der Waals surface area (Å²) in [5.41, 5.74) is 0.637. The molecular weight excluding hydrogens is 296 g/mol. The first kappa shape index (κ1) is 14.8. The van der Waals surface area contributed by atoms with E-state index in [9.17, 15) is 15.0 Å². The van der Waals surface area contributed by atoms with Crippen molar-refractivity contribution in [3.63, 3.8) is 0 Å². The Labute approximate surface area is 125 Å². The van der Waals surface area contributed by atoms with Gasteiger partial charge in [0.15, 0.2) is 0 Å². The van der Waals surface area contributed by atoms with Crippen molar-refractivity contribution in [2.24, 2.45) is 0 Å². The molecule has 0 fully saturated rings. The van der Waals surface area contributed by atoms with Crippen LogP contribution in [-0.4, -0.2) is 23.4 Å². The summed E-state index contributed by atoms with van der Waals surface area (Å²) in [5.74, 6) is 0.129. The second-order valence-electron chi connectivity index (χ2n) is 4.16. The number of phenolic OH excluding ortho intramolecular Hbond substituents is 2. The van der Waals surface area contributed by atoms with E-state index in [2.05, 4.69) is 10.6 Å². The minimum atomic E-state index is -0.569. The minimum absolute atomic E-state index is 0.161. The quantitative estimate of drug-likeness (QED) is 0.699. The van der Waals surface area contributed by atoms with Gasteiger partial charge < -0.3 is 25.6 Å². The van der Waals surface area contributed by atoms with Crippen molar-refractivity contribution in [2.45, 2.75) is 0 Å². The van der Waals surface area contributed by atoms with Crippen LogP contribution in [0.3, 0.4) is 0 Å². The Bertz CT molecular complexity index is 656. The summed E-state index contributed by atoms with van der Waals surface area (Å²) < 4.78 is 5.11. The van der Waals surface area contributed by atoms with Crippen LogP contribution in [-0.2, 0) is 0 Å². The Morgan fingerprint density at radius 2 is 1.76 bits per heavy atom. The topological polar surface area (TPSA) is 90.8 Å². The second kappa shape index (κ2) is 6.23. The largest absolute Gasteiger partial charge is 0.508 e. The van der Waals surface area contributed by atoms with Crippen molar-refractivity contribution in [3.05, 3.63) is 41.4 Å². The molecule has 0 atom stereocenters. The van der Waals surface area contributed by atoms with Crippen LogP contribution >= 0.6 is 11.6 Å². The number of nitrogens with one attached hydrogen (secondary N) is 2. The molecule has 0 saturated heterocycles. The Morgan fingerprint density at radius 3 is 2.38 bits per heavy atom. The highest BCUT2D eigenvalue weighted by Gasteiger charge is 2.09. The van der Waals surface area contributed by atoms with E-state index in [1.807, 2.05) is 0 Å². The molecule has 2 aromatic carbocycles. The first-order chi connectivity index (χ1) is 9.97. The average Bonchev–Trinajstić information content (AvgIpc) is 2.37. The molecular formula is C14H13ClN2O4. The van der Waals surface area contributed by atoms with Crippen molar-refractivity contribution in [3.8, 4) is 17.2 Å². The highest BCUT2D eigenvalue weighted by Crippen LogP contribution is 2.28. The van der Waals surface area contributed by atoms with Gasteiger partial charge in [0, 0.05) is 28.9 Å². The third kappa shape index (κ3) is 3.93. The molecule has 4 N–H and O–H groups in total. The molecule has 0 bridgehead atoms. The van der Waals surface area contributed by atoms with Crippen LogP contribution in [0.15, 0.2) is 36.4 Å². The van der Waals surface area contributed by atoms with Crippen LogP contribution in [0.2, 0.25) is 5.02 Å². The number of carbonyl (C=O) groups is 1. The predicted octanol–water partition coefficient (Wildman–Crippen LogP) is 3.40. The van der Waals surface area contributed by atoms with Gasteiger partial charge in [0.2, 0.25) is 0 Å². The van der Waals surface area contributed by atoms with E-state index in [1.165, 1.54) is 19.2 Å². The summed E-state index contributed by atoms with van der Waals surface area (Å²) in [4.78, 5) is 11.9. The SMILES string of the molecule is COc1ccc(Cl)cc1NC(=O)Nc1cc(O)cc(O)c1. The lowest BCUT2D eigenvalue weighted by molar-refractivity contribution is 0.262. The lowest BCUT2D eigenvalue weighted by atomic mass is 10.2. The van der Waals surface area contributed by atoms with Gasteiger partial charge in [-0.3, -0.25) is 0 Å². The van der Waals surface area contributed by atoms with E-state index >= 15 is 0 Å². The number of halogens is 1. The van der Waals surface area contributed by atoms with E-state index in [4.69, 9.17) is 16.3 Å². The van der Waals surface area contributed by atoms with Crippen molar-refractivity contribution in [1.29, 1.82) is 0 Å². The van der Waals surface area contributed by atoms with Gasteiger partial charge in [0.25, 0.3) is 0 Å². The predicted molar refractivity (Wildman–Crippen MR) is 80.4 cm³/mol. The minimum Gasteiger partial charge on any atom is -0.508 e. The molecule has 0 aliphatic heterocycles. The zero-order chi connectivity index (χ0) is 15.4. The number of rotatable bonds is 3. The second-order valence-corrected chi connectivity index (χ2v) is 4.60. The summed E-state index contributed by atoms with van der Waals surface area (Å²) >= 11 is 5.87. The lowest BCUT2D eigenvalue weighted by Crippen LogP contribution is -2.19. The van der Waals surface area contributed by atoms with E-state index < -0.39 is 6.03 Å². The number of benzene rings is 2. The number of hydrogen-bond acceptors (Lipinski definition) is 4. The summed E-state index contributed by atoms with van der Waals surface area (Å²) in [6.07, 6.45) is 0. The molecule has 110 valence electrons. The van der Waals surface area contributed by atoms with Crippen molar-refractivity contribution in [2.75, 3.05) is 17.7 Å². The van der Waals surface area contributed by atoms with Crippen LogP contribution in [0.25, 0.3) is 0 Å². The van der Waals surface area contributed by atoms with Crippen LogP contribution < -0.4 is 15.4 Å². The summed E-state index contributed by atoms with van der Waals surface area (Å²) in [6, 6.07) is 7.99. The highest BCUT2D eigenvalue weighted by atomic mass is 35.5. The Morgan fingerprint density at radius 1 is 1.10 bits per heavy atom. The number of amides is 2. The third-order valence-electron chi connectivity index (χ3n) is 2.57. The number of hydrogen-bond donors (Lipinski definition) is 4. The van der Waals surface area contributed by atoms with Gasteiger partial charge in [0.1, 0.15) is 17.2 Å². The Balaban J connectivity index is 2.13. The molecule has 0 radical (unpaired) electrons. The Kier molecular flexibility index (Phi) is 4.39. The van der Waals surface area contributed by atoms with Gasteiger partial charge in [-0.2, -0.15) is 0 Å². The zero-order valence-electron chi connectivity index (χ0n) is 11.1. The maximum absolute atomic E-state index is 11.9. The van der Waals surface area contributed by atoms with E-state index in [0.29, 0.717) is 16.5 Å². The molecule has 0 aromatic heterocycles. The molecule has 6 nitrogen and oxygen atoms in total. The van der Waals surface area contributed by atoms with Crippen molar-refractivity contribution < 1.29 is 19.7 Å². The molecule has 2 amide bonds. The number of ether oxygens (including phenoxy) is 1. The van der Waals surface area contributed by atoms with Gasteiger partial charge in [-0.25, -0.2) is 4.79 Å². The zero-order valence-corrected chi connectivity index (χ0v) is 11.8. The number of carbonyl (C=O) groups excluding carboxylic acids is 1. The molecule has 0 aliphatic carbocycles. The molecule has 0 heterocycles. The van der Waals surface area contributed by atoms with Crippen LogP contribution in [0.5, 0.6) is 17.2 Å². The van der Waals surface area contributed by atoms with Gasteiger partial charge in [-0.15, -0.1) is 0 Å². The molecule has 0 aliphatic rings. The fraction of sp³-hybridized carbons (Fsp3) is 0.0714. The fourth-order valence-corrected chi connectivity index (χ4v) is 1.90. The van der Waals surface area contributed by atoms with Crippen LogP contribution in [0.4, 0.5) is 16.2 Å². The van der Waals surface area contributed by atoms with Gasteiger partial charge in [-0.05, 0) is 18.2 Å². The molecule has 0 spiro atoms.